The molecule has 0 aromatic heterocycles. The van der Waals surface area contributed by atoms with E-state index in [0.29, 0.717) is 29.6 Å². The summed E-state index contributed by atoms with van der Waals surface area (Å²) >= 11 is 0. The van der Waals surface area contributed by atoms with Gasteiger partial charge in [0.05, 0.1) is 37.9 Å². The molecule has 0 amide bonds. The van der Waals surface area contributed by atoms with Crippen LogP contribution in [0.3, 0.4) is 0 Å². The topological polar surface area (TPSA) is 184 Å². The lowest BCUT2D eigenvalue weighted by Gasteiger charge is -2.47. The van der Waals surface area contributed by atoms with Crippen molar-refractivity contribution in [1.82, 2.24) is 0 Å². The summed E-state index contributed by atoms with van der Waals surface area (Å²) in [5, 5.41) is 0. The summed E-state index contributed by atoms with van der Waals surface area (Å²) < 4.78 is 41.1. The highest BCUT2D eigenvalue weighted by Crippen LogP contribution is 2.70. The largest absolute Gasteiger partial charge is 0.459 e. The van der Waals surface area contributed by atoms with Gasteiger partial charge in [-0.2, -0.15) is 0 Å². The van der Waals surface area contributed by atoms with Crippen molar-refractivity contribution in [3.05, 3.63) is 0 Å². The van der Waals surface area contributed by atoms with Crippen molar-refractivity contribution in [3.8, 4) is 0 Å². The first-order valence-electron chi connectivity index (χ1n) is 50.7. The van der Waals surface area contributed by atoms with Gasteiger partial charge in [-0.05, 0) is 418 Å². The number of ether oxygens (including phenoxy) is 7. The molecule has 135 heavy (non-hydrogen) atoms. The molecular formula is C121H248O14. The second kappa shape index (κ2) is 64.1. The van der Waals surface area contributed by atoms with E-state index in [9.17, 15) is 33.6 Å². The van der Waals surface area contributed by atoms with Crippen molar-refractivity contribution in [3.63, 3.8) is 0 Å². The zero-order chi connectivity index (χ0) is 91.3. The van der Waals surface area contributed by atoms with E-state index in [4.69, 9.17) is 33.2 Å². The Morgan fingerprint density at radius 3 is 0.711 bits per heavy atom. The number of hydrogen-bond donors (Lipinski definition) is 0. The van der Waals surface area contributed by atoms with E-state index in [2.05, 4.69) is 76.2 Å². The van der Waals surface area contributed by atoms with Crippen LogP contribution in [0.4, 0.5) is 0 Å². The van der Waals surface area contributed by atoms with E-state index in [-0.39, 0.29) is 223 Å². The van der Waals surface area contributed by atoms with Crippen LogP contribution in [0.2, 0.25) is 0 Å². The van der Waals surface area contributed by atoms with Crippen LogP contribution in [0.25, 0.3) is 0 Å². The van der Waals surface area contributed by atoms with Crippen molar-refractivity contribution in [1.29, 1.82) is 0 Å². The van der Waals surface area contributed by atoms with Crippen LogP contribution in [-0.2, 0) is 66.7 Å². The molecule has 0 heterocycles. The molecule has 14 heteroatoms. The summed E-state index contributed by atoms with van der Waals surface area (Å²) in [4.78, 5) is 85.4. The van der Waals surface area contributed by atoms with E-state index in [0.717, 1.165) is 119 Å². The third-order valence-electron chi connectivity index (χ3n) is 34.0. The Hall–Kier alpha value is -3.71. The Bertz CT molecular complexity index is 3120. The second-order valence-corrected chi connectivity index (χ2v) is 47.4. The Kier molecular flexibility index (Phi) is 72.0. The van der Waals surface area contributed by atoms with Crippen molar-refractivity contribution in [2.45, 2.75) is 646 Å². The molecular weight excluding hydrogens is 1680 g/mol. The fraction of sp³-hybridized carbons (Fsp3) is 0.942. The molecule has 0 N–H and O–H groups in total. The Balaban J connectivity index is -0.000000167. The van der Waals surface area contributed by atoms with Crippen LogP contribution < -0.4 is 0 Å². The minimum Gasteiger partial charge on any atom is -0.459 e. The molecule has 0 aliphatic heterocycles. The average molecular weight is 1930 g/mol. The maximum absolute atomic E-state index is 12.8. The lowest BCUT2D eigenvalue weighted by atomic mass is 9.66. The number of carbonyl (C=O) groups is 7. The van der Waals surface area contributed by atoms with Crippen LogP contribution in [0.1, 0.15) is 607 Å². The standard InChI is InChI=1S/C20H36O2.C19H30O2.C15H28O2.2C14H26O2.C13H24O2.C12H22O2.14CH4/c1-5-19(2,3)18(21)22-20(4,16-12-8-6-9-13-16)17-14-10-7-11-15-17;1-5-18(2,3)17(20)21-19(4)10-13-9-14(19)16-12-7-6-11(8-12)15(13)16;1-6-14(2,3)13(16)17-15(4,5)12-10-8-7-9-11-12;1-6-13(2,3)12(15)16-14(4,5)11-9-7-8-10-11;1-5-13(2,3)12(15)16-14(4)10-8-6-7-9-11-14;1-5-12(2,3)11(14)15-13(4)9-7-6-8-10-13;1-5-11(2,3)10(13)14-12(4)8-6-7-9-12;;;;;;;;;;;;;;/h16-17H,5-15H2,1-4H3;11-16H,5-10H2,1-4H3;12H,6-11H2,1-5H3;11H,6-10H2,1-5H3;5-11H2,1-4H3;5-10H2,1-4H3;5-9H2,1-4H3;14*1H4. The van der Waals surface area contributed by atoms with Gasteiger partial charge < -0.3 is 33.2 Å². The molecule has 11 aliphatic rings. The predicted molar refractivity (Wildman–Crippen MR) is 591 cm³/mol. The number of rotatable bonds is 25. The monoisotopic (exact) mass is 1930 g/mol. The minimum atomic E-state index is -0.357. The smallest absolute Gasteiger partial charge is 0.312 e. The summed E-state index contributed by atoms with van der Waals surface area (Å²) in [6.07, 6.45) is 54.0. The third-order valence-corrected chi connectivity index (χ3v) is 34.0. The maximum atomic E-state index is 12.8. The molecule has 14 nitrogen and oxygen atoms in total. The zero-order valence-corrected chi connectivity index (χ0v) is 84.5. The highest BCUT2D eigenvalue weighted by atomic mass is 16.6. The highest BCUT2D eigenvalue weighted by molar-refractivity contribution is 5.79. The van der Waals surface area contributed by atoms with E-state index in [1.807, 2.05) is 132 Å². The summed E-state index contributed by atoms with van der Waals surface area (Å²) in [5.41, 5.74) is -3.97. The van der Waals surface area contributed by atoms with Crippen molar-refractivity contribution < 1.29 is 66.7 Å². The first-order valence-corrected chi connectivity index (χ1v) is 50.7. The third kappa shape index (κ3) is 43.0. The van der Waals surface area contributed by atoms with E-state index >= 15 is 0 Å². The van der Waals surface area contributed by atoms with E-state index in [1.54, 1.807) is 0 Å². The van der Waals surface area contributed by atoms with Gasteiger partial charge in [-0.3, -0.25) is 33.6 Å². The van der Waals surface area contributed by atoms with Gasteiger partial charge in [0, 0.05) is 5.92 Å². The first-order chi connectivity index (χ1) is 56.0. The molecule has 816 valence electrons. The summed E-state index contributed by atoms with van der Waals surface area (Å²) in [5.74, 6) is 7.41. The van der Waals surface area contributed by atoms with Crippen LogP contribution in [-0.4, -0.2) is 81.0 Å². The predicted octanol–water partition coefficient (Wildman–Crippen LogP) is 38.5. The van der Waals surface area contributed by atoms with Gasteiger partial charge in [-0.15, -0.1) is 0 Å². The summed E-state index contributed by atoms with van der Waals surface area (Å²) in [6.45, 7) is 61.0. The molecule has 11 saturated carbocycles. The number of esters is 7. The normalized spacial score (nSPS) is 23.2. The van der Waals surface area contributed by atoms with E-state index in [1.165, 1.54) is 205 Å². The zero-order valence-electron chi connectivity index (χ0n) is 84.5. The molecule has 7 unspecified atom stereocenters. The Morgan fingerprint density at radius 1 is 0.237 bits per heavy atom. The fourth-order valence-electron chi connectivity index (χ4n) is 21.2. The first kappa shape index (κ1) is 151. The van der Waals surface area contributed by atoms with Crippen LogP contribution in [0, 0.1) is 97.1 Å². The molecule has 11 aliphatic carbocycles. The Labute approximate surface area is 847 Å². The van der Waals surface area contributed by atoms with Crippen LogP contribution in [0.5, 0.6) is 0 Å². The van der Waals surface area contributed by atoms with Gasteiger partial charge >= 0.3 is 41.8 Å². The van der Waals surface area contributed by atoms with Crippen molar-refractivity contribution >= 4 is 41.8 Å². The van der Waals surface area contributed by atoms with Crippen molar-refractivity contribution in [2.75, 3.05) is 0 Å². The van der Waals surface area contributed by atoms with Gasteiger partial charge in [-0.1, -0.05) is 242 Å². The minimum absolute atomic E-state index is 0. The van der Waals surface area contributed by atoms with Crippen molar-refractivity contribution in [2.24, 2.45) is 97.1 Å². The molecule has 0 spiro atoms. The molecule has 7 atom stereocenters. The van der Waals surface area contributed by atoms with Gasteiger partial charge in [0.25, 0.3) is 0 Å². The average Bonchev–Trinajstić information content (AvgIpc) is 1.53. The molecule has 0 radical (unpaired) electrons. The molecule has 0 aromatic carbocycles. The van der Waals surface area contributed by atoms with Gasteiger partial charge in [-0.25, -0.2) is 0 Å². The molecule has 0 aromatic rings. The van der Waals surface area contributed by atoms with Gasteiger partial charge in [0.2, 0.25) is 0 Å². The molecule has 11 rings (SSSR count). The summed E-state index contributed by atoms with van der Waals surface area (Å²) in [7, 11) is 0. The number of fused-ring (bicyclic) bond motifs is 9. The second-order valence-electron chi connectivity index (χ2n) is 47.4. The molecule has 11 fully saturated rings. The van der Waals surface area contributed by atoms with Crippen LogP contribution >= 0.6 is 0 Å². The molecule has 4 bridgehead atoms. The van der Waals surface area contributed by atoms with E-state index < -0.39 is 0 Å². The lowest BCUT2D eigenvalue weighted by Crippen LogP contribution is -2.49. The Morgan fingerprint density at radius 2 is 0.444 bits per heavy atom. The SMILES string of the molecule is C.C.C.C.C.C.C.C.C.C.C.C.C.C.CCC(C)(C)C(=O)OC(C)(C)C1CCCC1.CCC(C)(C)C(=O)OC(C)(C)C1CCCCC1.CCC(C)(C)C(=O)OC(C)(C1CCCCC1)C1CCCCC1.CCC(C)(C)C(=O)OC1(C)CC2CC1C1C3CCC(C3)C21.CCC(C)(C)C(=O)OC1(C)CCCC1.CCC(C)(C)C(=O)OC1(C)CCCCC1.CCC(C)(C)C(=O)OC1(C)CCCCCC1. The summed E-state index contributed by atoms with van der Waals surface area (Å²) in [6, 6.07) is 0. The lowest BCUT2D eigenvalue weighted by molar-refractivity contribution is -0.187. The quantitative estimate of drug-likeness (QED) is 0.0364. The molecule has 0 saturated heterocycles. The number of hydrogen-bond acceptors (Lipinski definition) is 14. The fourth-order valence-corrected chi connectivity index (χ4v) is 21.2. The number of carbonyl (C=O) groups excluding carboxylic acids is 7. The highest BCUT2D eigenvalue weighted by Gasteiger charge is 2.67. The van der Waals surface area contributed by atoms with Gasteiger partial charge in [0.1, 0.15) is 39.2 Å². The maximum Gasteiger partial charge on any atom is 0.312 e. The van der Waals surface area contributed by atoms with Crippen LogP contribution in [0.15, 0.2) is 0 Å². The van der Waals surface area contributed by atoms with Gasteiger partial charge in [0.15, 0.2) is 0 Å².